The van der Waals surface area contributed by atoms with E-state index in [9.17, 15) is 4.79 Å². The lowest BCUT2D eigenvalue weighted by molar-refractivity contribution is 0.185. The largest absolute Gasteiger partial charge is 0.381 e. The zero-order chi connectivity index (χ0) is 14.7. The number of aromatic amines is 2. The third-order valence-corrected chi connectivity index (χ3v) is 3.32. The van der Waals surface area contributed by atoms with Gasteiger partial charge in [-0.25, -0.2) is 4.79 Å². The summed E-state index contributed by atoms with van der Waals surface area (Å²) in [4.78, 5) is 16.7. The van der Waals surface area contributed by atoms with Gasteiger partial charge in [0.1, 0.15) is 0 Å². The molecule has 0 fully saturated rings. The maximum Gasteiger partial charge on any atom is 0.323 e. The van der Waals surface area contributed by atoms with Crippen LogP contribution in [0, 0.1) is 0 Å². The molecule has 0 aliphatic heterocycles. The summed E-state index contributed by atoms with van der Waals surface area (Å²) in [6.45, 7) is 1.34. The van der Waals surface area contributed by atoms with E-state index < -0.39 is 0 Å². The van der Waals surface area contributed by atoms with Crippen molar-refractivity contribution in [2.75, 3.05) is 12.4 Å². The van der Waals surface area contributed by atoms with Gasteiger partial charge in [0.15, 0.2) is 0 Å². The van der Waals surface area contributed by atoms with Crippen molar-refractivity contribution in [3.63, 3.8) is 0 Å². The summed E-state index contributed by atoms with van der Waals surface area (Å²) in [5.41, 5.74) is 4.74. The molecule has 0 spiro atoms. The van der Waals surface area contributed by atoms with E-state index in [2.05, 4.69) is 27.4 Å². The van der Waals surface area contributed by atoms with Crippen molar-refractivity contribution in [2.45, 2.75) is 13.2 Å². The molecule has 0 saturated carbocycles. The van der Waals surface area contributed by atoms with Crippen molar-refractivity contribution in [1.82, 2.24) is 9.97 Å². The minimum Gasteiger partial charge on any atom is -0.381 e. The summed E-state index contributed by atoms with van der Waals surface area (Å²) < 4.78 is 5.14. The van der Waals surface area contributed by atoms with Crippen LogP contribution in [0.15, 0.2) is 47.3 Å². The van der Waals surface area contributed by atoms with Crippen molar-refractivity contribution < 1.29 is 4.74 Å². The molecule has 0 unspecified atom stereocenters. The second-order valence-electron chi connectivity index (χ2n) is 4.95. The van der Waals surface area contributed by atoms with Gasteiger partial charge >= 0.3 is 5.69 Å². The van der Waals surface area contributed by atoms with Gasteiger partial charge in [0, 0.05) is 19.3 Å². The second-order valence-corrected chi connectivity index (χ2v) is 4.95. The van der Waals surface area contributed by atoms with Crippen LogP contribution in [0.25, 0.3) is 11.0 Å². The van der Waals surface area contributed by atoms with Crippen LogP contribution in [-0.4, -0.2) is 17.1 Å². The first kappa shape index (κ1) is 13.5. The fourth-order valence-electron chi connectivity index (χ4n) is 2.34. The Morgan fingerprint density at radius 2 is 1.86 bits per heavy atom. The normalized spacial score (nSPS) is 10.9. The number of nitrogens with one attached hydrogen (secondary N) is 3. The van der Waals surface area contributed by atoms with Gasteiger partial charge in [0.2, 0.25) is 0 Å². The van der Waals surface area contributed by atoms with Crippen LogP contribution in [0.4, 0.5) is 5.69 Å². The minimum atomic E-state index is -0.186. The lowest BCUT2D eigenvalue weighted by Crippen LogP contribution is -2.00. The van der Waals surface area contributed by atoms with E-state index in [1.54, 1.807) is 7.11 Å². The molecule has 0 aliphatic rings. The van der Waals surface area contributed by atoms with Crippen molar-refractivity contribution in [3.8, 4) is 0 Å². The molecule has 3 rings (SSSR count). The molecule has 0 amide bonds. The molecule has 0 saturated heterocycles. The summed E-state index contributed by atoms with van der Waals surface area (Å²) in [6, 6.07) is 14.0. The van der Waals surface area contributed by atoms with Gasteiger partial charge in [-0.15, -0.1) is 0 Å². The van der Waals surface area contributed by atoms with Crippen LogP contribution in [0.1, 0.15) is 11.1 Å². The van der Waals surface area contributed by atoms with Crippen LogP contribution in [0.3, 0.4) is 0 Å². The topological polar surface area (TPSA) is 69.9 Å². The number of hydrogen-bond acceptors (Lipinski definition) is 3. The summed E-state index contributed by atoms with van der Waals surface area (Å²) in [5.74, 6) is 0. The van der Waals surface area contributed by atoms with Crippen molar-refractivity contribution in [1.29, 1.82) is 0 Å². The Hall–Kier alpha value is -2.53. The summed E-state index contributed by atoms with van der Waals surface area (Å²) in [6.07, 6.45) is 0. The molecule has 3 aromatic rings. The number of aromatic nitrogens is 2. The Morgan fingerprint density at radius 3 is 2.71 bits per heavy atom. The molecule has 0 aliphatic carbocycles. The van der Waals surface area contributed by atoms with E-state index in [4.69, 9.17) is 4.74 Å². The van der Waals surface area contributed by atoms with E-state index >= 15 is 0 Å². The maximum absolute atomic E-state index is 11.2. The fraction of sp³-hybridized carbons (Fsp3) is 0.188. The lowest BCUT2D eigenvalue weighted by atomic mass is 10.1. The van der Waals surface area contributed by atoms with Crippen LogP contribution < -0.4 is 11.0 Å². The molecule has 108 valence electrons. The standard InChI is InChI=1S/C16H17N3O2/c1-21-10-12-4-2-3-11(7-12)9-17-13-5-6-14-15(8-13)19-16(20)18-14/h2-8,17H,9-10H2,1H3,(H2,18,19,20). The molecular formula is C16H17N3O2. The van der Waals surface area contributed by atoms with E-state index in [1.165, 1.54) is 5.56 Å². The zero-order valence-corrected chi connectivity index (χ0v) is 11.8. The highest BCUT2D eigenvalue weighted by Crippen LogP contribution is 2.16. The Morgan fingerprint density at radius 1 is 1.05 bits per heavy atom. The van der Waals surface area contributed by atoms with E-state index in [0.29, 0.717) is 6.61 Å². The van der Waals surface area contributed by atoms with Gasteiger partial charge in [0.25, 0.3) is 0 Å². The number of rotatable bonds is 5. The first-order valence-electron chi connectivity index (χ1n) is 6.77. The summed E-state index contributed by atoms with van der Waals surface area (Å²) in [7, 11) is 1.69. The number of imidazole rings is 1. The predicted octanol–water partition coefficient (Wildman–Crippen LogP) is 2.61. The van der Waals surface area contributed by atoms with Crippen LogP contribution in [0.5, 0.6) is 0 Å². The molecule has 2 aromatic carbocycles. The number of hydrogen-bond donors (Lipinski definition) is 3. The molecule has 1 aromatic heterocycles. The number of H-pyrrole nitrogens is 2. The Bertz CT molecular complexity index is 804. The van der Waals surface area contributed by atoms with Gasteiger partial charge < -0.3 is 20.0 Å². The Kier molecular flexibility index (Phi) is 3.75. The van der Waals surface area contributed by atoms with Gasteiger partial charge in [0.05, 0.1) is 17.6 Å². The van der Waals surface area contributed by atoms with Gasteiger partial charge in [-0.3, -0.25) is 0 Å². The first-order chi connectivity index (χ1) is 10.2. The van der Waals surface area contributed by atoms with Crippen LogP contribution in [-0.2, 0) is 17.9 Å². The zero-order valence-electron chi connectivity index (χ0n) is 11.8. The number of methoxy groups -OCH3 is 1. The molecule has 5 nitrogen and oxygen atoms in total. The number of benzene rings is 2. The highest BCUT2D eigenvalue weighted by molar-refractivity contribution is 5.78. The van der Waals surface area contributed by atoms with E-state index in [0.717, 1.165) is 28.8 Å². The smallest absolute Gasteiger partial charge is 0.323 e. The number of anilines is 1. The Balaban J connectivity index is 1.73. The predicted molar refractivity (Wildman–Crippen MR) is 83.4 cm³/mol. The maximum atomic E-state index is 11.2. The molecule has 3 N–H and O–H groups in total. The third kappa shape index (κ3) is 3.14. The van der Waals surface area contributed by atoms with Crippen LogP contribution in [0.2, 0.25) is 0 Å². The summed E-state index contributed by atoms with van der Waals surface area (Å²) in [5, 5.41) is 3.35. The Labute approximate surface area is 122 Å². The fourth-order valence-corrected chi connectivity index (χ4v) is 2.34. The molecule has 0 radical (unpaired) electrons. The van der Waals surface area contributed by atoms with E-state index in [1.807, 2.05) is 30.3 Å². The third-order valence-electron chi connectivity index (χ3n) is 3.32. The minimum absolute atomic E-state index is 0.186. The molecule has 5 heteroatoms. The molecule has 0 atom stereocenters. The SMILES string of the molecule is COCc1cccc(CNc2ccc3[nH]c(=O)[nH]c3c2)c1. The molecule has 0 bridgehead atoms. The quantitative estimate of drug-likeness (QED) is 0.674. The van der Waals surface area contributed by atoms with E-state index in [-0.39, 0.29) is 5.69 Å². The second kappa shape index (κ2) is 5.85. The highest BCUT2D eigenvalue weighted by Gasteiger charge is 2.00. The summed E-state index contributed by atoms with van der Waals surface area (Å²) >= 11 is 0. The van der Waals surface area contributed by atoms with Gasteiger partial charge in [-0.1, -0.05) is 24.3 Å². The first-order valence-corrected chi connectivity index (χ1v) is 6.77. The number of ether oxygens (including phenoxy) is 1. The molecular weight excluding hydrogens is 266 g/mol. The van der Waals surface area contributed by atoms with Crippen LogP contribution >= 0.6 is 0 Å². The van der Waals surface area contributed by atoms with Gasteiger partial charge in [-0.2, -0.15) is 0 Å². The highest BCUT2D eigenvalue weighted by atomic mass is 16.5. The van der Waals surface area contributed by atoms with Crippen molar-refractivity contribution >= 4 is 16.7 Å². The molecule has 1 heterocycles. The number of fused-ring (bicyclic) bond motifs is 1. The van der Waals surface area contributed by atoms with Crippen molar-refractivity contribution in [2.24, 2.45) is 0 Å². The van der Waals surface area contributed by atoms with Gasteiger partial charge in [-0.05, 0) is 29.3 Å². The average Bonchev–Trinajstić information content (AvgIpc) is 2.85. The lowest BCUT2D eigenvalue weighted by Gasteiger charge is -2.08. The monoisotopic (exact) mass is 283 g/mol. The van der Waals surface area contributed by atoms with Crippen molar-refractivity contribution in [3.05, 3.63) is 64.1 Å². The average molecular weight is 283 g/mol. The molecule has 21 heavy (non-hydrogen) atoms.